The second kappa shape index (κ2) is 7.92. The van der Waals surface area contributed by atoms with E-state index < -0.39 is 5.69 Å². The zero-order valence-electron chi connectivity index (χ0n) is 16.0. The van der Waals surface area contributed by atoms with Crippen LogP contribution in [0, 0.1) is 0 Å². The second-order valence-electron chi connectivity index (χ2n) is 7.40. The van der Waals surface area contributed by atoms with Crippen LogP contribution < -0.4 is 15.7 Å². The first-order chi connectivity index (χ1) is 12.9. The molecule has 1 fully saturated rings. The van der Waals surface area contributed by atoms with Crippen LogP contribution in [0.4, 0.5) is 0 Å². The van der Waals surface area contributed by atoms with E-state index in [0.29, 0.717) is 18.0 Å². The van der Waals surface area contributed by atoms with Crippen molar-refractivity contribution in [2.75, 3.05) is 26.7 Å². The molecule has 2 aromatic rings. The summed E-state index contributed by atoms with van der Waals surface area (Å²) in [5, 5.41) is 2.94. The lowest BCUT2D eigenvalue weighted by molar-refractivity contribution is 0.0896. The summed E-state index contributed by atoms with van der Waals surface area (Å²) >= 11 is 0. The molecule has 2 heterocycles. The number of benzene rings is 1. The number of rotatable bonds is 6. The topological polar surface area (TPSA) is 87.3 Å². The van der Waals surface area contributed by atoms with Crippen LogP contribution in [0.5, 0.6) is 5.75 Å². The van der Waals surface area contributed by atoms with Crippen LogP contribution >= 0.6 is 0 Å². The molecule has 0 aliphatic carbocycles. The fraction of sp³-hybridized carbons (Fsp3) is 0.450. The van der Waals surface area contributed by atoms with Gasteiger partial charge in [0.1, 0.15) is 11.4 Å². The van der Waals surface area contributed by atoms with Gasteiger partial charge in [0.25, 0.3) is 5.91 Å². The summed E-state index contributed by atoms with van der Waals surface area (Å²) in [6.45, 7) is 6.86. The Morgan fingerprint density at radius 1 is 1.26 bits per heavy atom. The van der Waals surface area contributed by atoms with Crippen molar-refractivity contribution in [1.29, 1.82) is 0 Å². The largest absolute Gasteiger partial charge is 0.497 e. The summed E-state index contributed by atoms with van der Waals surface area (Å²) in [5.74, 6) is 0.405. The average Bonchev–Trinajstić information content (AvgIpc) is 3.21. The first-order valence-electron chi connectivity index (χ1n) is 9.18. The standard InChI is InChI=1S/C20H26N4O3/c1-20(2,24-10-4-5-11-24)13-21-18(25)17-12-16(22-19(26)23-17)14-6-8-15(27-3)9-7-14/h6-9,12H,4-5,10-11,13H2,1-3H3,(H,21,25)(H,22,23,26). The highest BCUT2D eigenvalue weighted by Crippen LogP contribution is 2.21. The van der Waals surface area contributed by atoms with E-state index in [-0.39, 0.29) is 17.1 Å². The SMILES string of the molecule is COc1ccc(-c2cc(C(=O)NCC(C)(C)N3CCCC3)[nH]c(=O)n2)cc1. The molecule has 0 atom stereocenters. The fourth-order valence-electron chi connectivity index (χ4n) is 3.32. The van der Waals surface area contributed by atoms with Crippen LogP contribution in [0.15, 0.2) is 35.1 Å². The van der Waals surface area contributed by atoms with Gasteiger partial charge in [0.15, 0.2) is 0 Å². The Morgan fingerprint density at radius 2 is 1.93 bits per heavy atom. The predicted molar refractivity (Wildman–Crippen MR) is 104 cm³/mol. The van der Waals surface area contributed by atoms with Gasteiger partial charge in [0.2, 0.25) is 0 Å². The van der Waals surface area contributed by atoms with Crippen molar-refractivity contribution in [3.05, 3.63) is 46.5 Å². The fourth-order valence-corrected chi connectivity index (χ4v) is 3.32. The number of carbonyl (C=O) groups excluding carboxylic acids is 1. The summed E-state index contributed by atoms with van der Waals surface area (Å²) in [5.41, 5.74) is 0.724. The maximum Gasteiger partial charge on any atom is 0.346 e. The summed E-state index contributed by atoms with van der Waals surface area (Å²) in [6.07, 6.45) is 2.39. The molecule has 0 unspecified atom stereocenters. The van der Waals surface area contributed by atoms with Crippen molar-refractivity contribution in [2.24, 2.45) is 0 Å². The van der Waals surface area contributed by atoms with Crippen molar-refractivity contribution < 1.29 is 9.53 Å². The highest BCUT2D eigenvalue weighted by molar-refractivity contribution is 5.93. The molecule has 27 heavy (non-hydrogen) atoms. The van der Waals surface area contributed by atoms with Crippen LogP contribution in [0.1, 0.15) is 37.2 Å². The molecule has 144 valence electrons. The summed E-state index contributed by atoms with van der Waals surface area (Å²) in [6, 6.07) is 8.78. The average molecular weight is 370 g/mol. The van der Waals surface area contributed by atoms with Gasteiger partial charge in [0.05, 0.1) is 12.8 Å². The van der Waals surface area contributed by atoms with Crippen LogP contribution in [0.2, 0.25) is 0 Å². The maximum atomic E-state index is 12.6. The van der Waals surface area contributed by atoms with Gasteiger partial charge in [-0.3, -0.25) is 9.69 Å². The Bertz CT molecular complexity index is 852. The number of carbonyl (C=O) groups is 1. The van der Waals surface area contributed by atoms with Crippen molar-refractivity contribution >= 4 is 5.91 Å². The molecule has 1 saturated heterocycles. The molecule has 0 bridgehead atoms. The Kier molecular flexibility index (Phi) is 5.60. The van der Waals surface area contributed by atoms with Gasteiger partial charge >= 0.3 is 5.69 Å². The first-order valence-corrected chi connectivity index (χ1v) is 9.18. The van der Waals surface area contributed by atoms with Gasteiger partial charge < -0.3 is 15.0 Å². The van der Waals surface area contributed by atoms with Gasteiger partial charge in [-0.1, -0.05) is 0 Å². The van der Waals surface area contributed by atoms with Crippen molar-refractivity contribution in [3.8, 4) is 17.0 Å². The smallest absolute Gasteiger partial charge is 0.346 e. The monoisotopic (exact) mass is 370 g/mol. The molecular formula is C20H26N4O3. The third-order valence-electron chi connectivity index (χ3n) is 5.02. The second-order valence-corrected chi connectivity index (χ2v) is 7.40. The molecule has 0 spiro atoms. The Balaban J connectivity index is 1.74. The lowest BCUT2D eigenvalue weighted by atomic mass is 10.0. The zero-order chi connectivity index (χ0) is 19.4. The van der Waals surface area contributed by atoms with Crippen molar-refractivity contribution in [3.63, 3.8) is 0 Å². The van der Waals surface area contributed by atoms with E-state index in [4.69, 9.17) is 4.74 Å². The Morgan fingerprint density at radius 3 is 2.56 bits per heavy atom. The highest BCUT2D eigenvalue weighted by Gasteiger charge is 2.29. The lowest BCUT2D eigenvalue weighted by Crippen LogP contribution is -2.50. The van der Waals surface area contributed by atoms with E-state index in [1.807, 2.05) is 0 Å². The molecule has 1 aromatic heterocycles. The lowest BCUT2D eigenvalue weighted by Gasteiger charge is -2.35. The minimum atomic E-state index is -0.549. The number of nitrogens with zero attached hydrogens (tertiary/aromatic N) is 2. The molecule has 1 amide bonds. The third kappa shape index (κ3) is 4.54. The number of likely N-dealkylation sites (tertiary alicyclic amines) is 1. The van der Waals surface area contributed by atoms with E-state index in [9.17, 15) is 9.59 Å². The minimum absolute atomic E-state index is 0.127. The molecule has 7 nitrogen and oxygen atoms in total. The van der Waals surface area contributed by atoms with E-state index in [1.54, 1.807) is 37.4 Å². The molecular weight excluding hydrogens is 344 g/mol. The Hall–Kier alpha value is -2.67. The Labute approximate surface area is 158 Å². The summed E-state index contributed by atoms with van der Waals surface area (Å²) < 4.78 is 5.14. The molecule has 7 heteroatoms. The number of hydrogen-bond donors (Lipinski definition) is 2. The number of nitrogens with one attached hydrogen (secondary N) is 2. The van der Waals surface area contributed by atoms with Crippen LogP contribution in [0.3, 0.4) is 0 Å². The molecule has 2 N–H and O–H groups in total. The number of amides is 1. The molecule has 0 radical (unpaired) electrons. The van der Waals surface area contributed by atoms with E-state index in [2.05, 4.69) is 34.0 Å². The normalized spacial score (nSPS) is 14.9. The van der Waals surface area contributed by atoms with Crippen LogP contribution in [-0.4, -0.2) is 53.1 Å². The summed E-state index contributed by atoms with van der Waals surface area (Å²) in [7, 11) is 1.59. The molecule has 3 rings (SSSR count). The van der Waals surface area contributed by atoms with E-state index in [0.717, 1.165) is 18.7 Å². The minimum Gasteiger partial charge on any atom is -0.497 e. The van der Waals surface area contributed by atoms with Crippen molar-refractivity contribution in [1.82, 2.24) is 20.2 Å². The van der Waals surface area contributed by atoms with Crippen LogP contribution in [-0.2, 0) is 0 Å². The summed E-state index contributed by atoms with van der Waals surface area (Å²) in [4.78, 5) is 33.4. The highest BCUT2D eigenvalue weighted by atomic mass is 16.5. The third-order valence-corrected chi connectivity index (χ3v) is 5.02. The van der Waals surface area contributed by atoms with Gasteiger partial charge in [-0.25, -0.2) is 4.79 Å². The first kappa shape index (κ1) is 19.1. The van der Waals surface area contributed by atoms with Gasteiger partial charge in [-0.15, -0.1) is 0 Å². The van der Waals surface area contributed by atoms with E-state index >= 15 is 0 Å². The molecule has 1 aliphatic heterocycles. The number of methoxy groups -OCH3 is 1. The number of ether oxygens (including phenoxy) is 1. The predicted octanol–water partition coefficient (Wildman–Crippen LogP) is 2.05. The van der Waals surface area contributed by atoms with E-state index in [1.165, 1.54) is 12.8 Å². The molecule has 1 aromatic carbocycles. The van der Waals surface area contributed by atoms with Gasteiger partial charge in [0, 0.05) is 17.6 Å². The number of aromatic nitrogens is 2. The number of hydrogen-bond acceptors (Lipinski definition) is 5. The number of aromatic amines is 1. The van der Waals surface area contributed by atoms with Crippen LogP contribution in [0.25, 0.3) is 11.3 Å². The van der Waals surface area contributed by atoms with Gasteiger partial charge in [-0.05, 0) is 70.1 Å². The quantitative estimate of drug-likeness (QED) is 0.813. The zero-order valence-corrected chi connectivity index (χ0v) is 16.0. The molecule has 1 aliphatic rings. The van der Waals surface area contributed by atoms with Gasteiger partial charge in [-0.2, -0.15) is 4.98 Å². The molecule has 0 saturated carbocycles. The maximum absolute atomic E-state index is 12.6. The number of H-pyrrole nitrogens is 1. The van der Waals surface area contributed by atoms with Crippen molar-refractivity contribution in [2.45, 2.75) is 32.2 Å².